The number of rotatable bonds is 5. The third-order valence-corrected chi connectivity index (χ3v) is 5.92. The quantitative estimate of drug-likeness (QED) is 0.565. The van der Waals surface area contributed by atoms with Gasteiger partial charge in [-0.2, -0.15) is 4.98 Å². The van der Waals surface area contributed by atoms with E-state index in [1.165, 1.54) is 0 Å². The largest absolute Gasteiger partial charge is 0.496 e. The van der Waals surface area contributed by atoms with Crippen LogP contribution in [0.1, 0.15) is 18.4 Å². The molecule has 29 heavy (non-hydrogen) atoms. The van der Waals surface area contributed by atoms with Gasteiger partial charge in [0.1, 0.15) is 11.3 Å². The zero-order chi connectivity index (χ0) is 20.4. The number of oxazole rings is 1. The average Bonchev–Trinajstić information content (AvgIpc) is 3.18. The number of methoxy groups -OCH3 is 1. The second-order valence-electron chi connectivity index (χ2n) is 7.38. The highest BCUT2D eigenvalue weighted by atomic mass is 79.9. The predicted molar refractivity (Wildman–Crippen MR) is 116 cm³/mol. The van der Waals surface area contributed by atoms with Crippen LogP contribution >= 0.6 is 15.9 Å². The third kappa shape index (κ3) is 4.24. The number of halogens is 1. The molecule has 3 aromatic rings. The maximum absolute atomic E-state index is 13.0. The van der Waals surface area contributed by atoms with Gasteiger partial charge in [-0.3, -0.25) is 4.79 Å². The van der Waals surface area contributed by atoms with Gasteiger partial charge < -0.3 is 19.0 Å². The average molecular weight is 458 g/mol. The zero-order valence-electron chi connectivity index (χ0n) is 16.6. The lowest BCUT2D eigenvalue weighted by Crippen LogP contribution is -2.41. The predicted octanol–water partition coefficient (Wildman–Crippen LogP) is 4.47. The summed E-state index contributed by atoms with van der Waals surface area (Å²) < 4.78 is 12.3. The van der Waals surface area contributed by atoms with Gasteiger partial charge in [0.05, 0.1) is 7.11 Å². The Morgan fingerprint density at radius 3 is 2.76 bits per heavy atom. The van der Waals surface area contributed by atoms with E-state index in [4.69, 9.17) is 9.15 Å². The van der Waals surface area contributed by atoms with E-state index in [1.807, 2.05) is 49.5 Å². The summed E-state index contributed by atoms with van der Waals surface area (Å²) in [6.45, 7) is 2.04. The fourth-order valence-corrected chi connectivity index (χ4v) is 4.24. The summed E-state index contributed by atoms with van der Waals surface area (Å²) in [6.07, 6.45) is 1.58. The van der Waals surface area contributed by atoms with Crippen molar-refractivity contribution in [3.05, 3.63) is 52.5 Å². The highest BCUT2D eigenvalue weighted by molar-refractivity contribution is 9.10. The van der Waals surface area contributed by atoms with Crippen molar-refractivity contribution in [2.24, 2.45) is 5.92 Å². The van der Waals surface area contributed by atoms with Crippen LogP contribution in [0, 0.1) is 5.92 Å². The maximum Gasteiger partial charge on any atom is 0.298 e. The number of fused-ring (bicyclic) bond motifs is 1. The van der Waals surface area contributed by atoms with Gasteiger partial charge in [0, 0.05) is 42.6 Å². The van der Waals surface area contributed by atoms with E-state index in [9.17, 15) is 4.79 Å². The van der Waals surface area contributed by atoms with E-state index in [0.29, 0.717) is 12.6 Å². The Morgan fingerprint density at radius 1 is 1.28 bits per heavy atom. The first-order valence-electron chi connectivity index (χ1n) is 9.73. The number of carbonyl (C=O) groups is 1. The third-order valence-electron chi connectivity index (χ3n) is 5.42. The number of nitrogens with zero attached hydrogens (tertiary/aromatic N) is 3. The van der Waals surface area contributed by atoms with Crippen molar-refractivity contribution in [1.29, 1.82) is 0 Å². The molecular formula is C22H24BrN3O3. The van der Waals surface area contributed by atoms with Crippen LogP contribution in [-0.4, -0.2) is 43.0 Å². The number of amides is 1. The van der Waals surface area contributed by atoms with Gasteiger partial charge in [0.15, 0.2) is 5.58 Å². The Bertz CT molecular complexity index is 978. The normalized spacial score (nSPS) is 14.9. The SMILES string of the molecule is COc1ccc(Br)cc1CN(C)C(=O)C1CCN(c2nc3ccccc3o2)CC1. The molecule has 0 unspecified atom stereocenters. The van der Waals surface area contributed by atoms with E-state index < -0.39 is 0 Å². The molecule has 0 bridgehead atoms. The molecule has 0 saturated carbocycles. The Hall–Kier alpha value is -2.54. The number of carbonyl (C=O) groups excluding carboxylic acids is 1. The fourth-order valence-electron chi connectivity index (χ4n) is 3.83. The molecule has 2 aromatic carbocycles. The number of ether oxygens (including phenoxy) is 1. The van der Waals surface area contributed by atoms with Crippen molar-refractivity contribution in [1.82, 2.24) is 9.88 Å². The Morgan fingerprint density at radius 2 is 2.03 bits per heavy atom. The number of para-hydroxylation sites is 2. The van der Waals surface area contributed by atoms with Crippen LogP contribution in [0.15, 0.2) is 51.4 Å². The number of aromatic nitrogens is 1. The van der Waals surface area contributed by atoms with Crippen LogP contribution in [0.25, 0.3) is 11.1 Å². The minimum Gasteiger partial charge on any atom is -0.496 e. The second kappa shape index (κ2) is 8.45. The van der Waals surface area contributed by atoms with Gasteiger partial charge in [-0.1, -0.05) is 28.1 Å². The van der Waals surface area contributed by atoms with E-state index in [-0.39, 0.29) is 11.8 Å². The lowest BCUT2D eigenvalue weighted by molar-refractivity contribution is -0.135. The summed E-state index contributed by atoms with van der Waals surface area (Å²) in [4.78, 5) is 21.5. The molecule has 0 N–H and O–H groups in total. The van der Waals surface area contributed by atoms with Crippen molar-refractivity contribution in [3.63, 3.8) is 0 Å². The van der Waals surface area contributed by atoms with E-state index in [1.54, 1.807) is 12.0 Å². The van der Waals surface area contributed by atoms with Crippen molar-refractivity contribution >= 4 is 39.0 Å². The van der Waals surface area contributed by atoms with Crippen molar-refractivity contribution in [3.8, 4) is 5.75 Å². The van der Waals surface area contributed by atoms with Crippen LogP contribution in [0.2, 0.25) is 0 Å². The van der Waals surface area contributed by atoms with Crippen LogP contribution in [0.4, 0.5) is 6.01 Å². The highest BCUT2D eigenvalue weighted by Crippen LogP contribution is 2.28. The first-order chi connectivity index (χ1) is 14.0. The molecular weight excluding hydrogens is 434 g/mol. The Labute approximate surface area is 178 Å². The molecule has 152 valence electrons. The van der Waals surface area contributed by atoms with E-state index >= 15 is 0 Å². The van der Waals surface area contributed by atoms with Crippen LogP contribution < -0.4 is 9.64 Å². The lowest BCUT2D eigenvalue weighted by atomic mass is 9.95. The summed E-state index contributed by atoms with van der Waals surface area (Å²) >= 11 is 3.49. The molecule has 1 aliphatic rings. The molecule has 1 fully saturated rings. The zero-order valence-corrected chi connectivity index (χ0v) is 18.2. The van der Waals surface area contributed by atoms with Gasteiger partial charge in [0.2, 0.25) is 5.91 Å². The number of piperidine rings is 1. The summed E-state index contributed by atoms with van der Waals surface area (Å²) in [5.41, 5.74) is 2.65. The Kier molecular flexibility index (Phi) is 5.76. The van der Waals surface area contributed by atoms with Gasteiger partial charge in [-0.25, -0.2) is 0 Å². The first kappa shape index (κ1) is 19.8. The number of hydrogen-bond acceptors (Lipinski definition) is 5. The topological polar surface area (TPSA) is 58.8 Å². The summed E-state index contributed by atoms with van der Waals surface area (Å²) in [7, 11) is 3.51. The van der Waals surface area contributed by atoms with Crippen LogP contribution in [-0.2, 0) is 11.3 Å². The van der Waals surface area contributed by atoms with E-state index in [2.05, 4.69) is 25.8 Å². The van der Waals surface area contributed by atoms with Crippen molar-refractivity contribution < 1.29 is 13.9 Å². The van der Waals surface area contributed by atoms with Gasteiger partial charge in [-0.05, 0) is 43.2 Å². The molecule has 7 heteroatoms. The summed E-state index contributed by atoms with van der Waals surface area (Å²) in [5, 5.41) is 0. The molecule has 0 aliphatic carbocycles. The monoisotopic (exact) mass is 457 g/mol. The molecule has 1 aliphatic heterocycles. The molecule has 1 saturated heterocycles. The first-order valence-corrected chi connectivity index (χ1v) is 10.5. The summed E-state index contributed by atoms with van der Waals surface area (Å²) in [5.74, 6) is 0.974. The van der Waals surface area contributed by atoms with Crippen molar-refractivity contribution in [2.75, 3.05) is 32.1 Å². The lowest BCUT2D eigenvalue weighted by Gasteiger charge is -2.32. The van der Waals surface area contributed by atoms with Gasteiger partial charge >= 0.3 is 0 Å². The molecule has 2 heterocycles. The molecule has 0 atom stereocenters. The molecule has 4 rings (SSSR count). The maximum atomic E-state index is 13.0. The Balaban J connectivity index is 1.37. The van der Waals surface area contributed by atoms with Crippen LogP contribution in [0.5, 0.6) is 5.75 Å². The van der Waals surface area contributed by atoms with Crippen molar-refractivity contribution in [2.45, 2.75) is 19.4 Å². The van der Waals surface area contributed by atoms with Gasteiger partial charge in [-0.15, -0.1) is 0 Å². The smallest absolute Gasteiger partial charge is 0.298 e. The summed E-state index contributed by atoms with van der Waals surface area (Å²) in [6, 6.07) is 14.3. The standard InChI is InChI=1S/C22H24BrN3O3/c1-25(14-16-13-17(23)7-8-19(16)28-2)21(27)15-9-11-26(12-10-15)22-24-18-5-3-4-6-20(18)29-22/h3-8,13,15H,9-12,14H2,1-2H3. The highest BCUT2D eigenvalue weighted by Gasteiger charge is 2.29. The molecule has 6 nitrogen and oxygen atoms in total. The number of benzene rings is 2. The number of anilines is 1. The van der Waals surface area contributed by atoms with E-state index in [0.717, 1.165) is 52.8 Å². The fraction of sp³-hybridized carbons (Fsp3) is 0.364. The molecule has 0 radical (unpaired) electrons. The second-order valence-corrected chi connectivity index (χ2v) is 8.29. The molecule has 1 amide bonds. The minimum absolute atomic E-state index is 0.0128. The minimum atomic E-state index is 0.0128. The molecule has 0 spiro atoms. The number of hydrogen-bond donors (Lipinski definition) is 0. The molecule has 1 aromatic heterocycles. The van der Waals surface area contributed by atoms with Gasteiger partial charge in [0.25, 0.3) is 6.01 Å². The van der Waals surface area contributed by atoms with Crippen LogP contribution in [0.3, 0.4) is 0 Å².